The predicted octanol–water partition coefficient (Wildman–Crippen LogP) is 3.62. The molecule has 0 spiro atoms. The standard InChI is InChI=1S/C17H20ClN3O2S/c1-11-6-5-7-13(18)16(11)21-15-10-23-9-14(12(15)8-19-21)20-24(22)17(2,3)4/h5-8H,9-10H2,1-4H3. The number of rotatable bonds is 2. The highest BCUT2D eigenvalue weighted by Gasteiger charge is 2.30. The smallest absolute Gasteiger partial charge is 0.144 e. The summed E-state index contributed by atoms with van der Waals surface area (Å²) in [5.41, 5.74) is 4.28. The van der Waals surface area contributed by atoms with E-state index in [1.54, 1.807) is 10.9 Å². The summed E-state index contributed by atoms with van der Waals surface area (Å²) in [5, 5.41) is 5.11. The van der Waals surface area contributed by atoms with E-state index in [0.29, 0.717) is 23.9 Å². The van der Waals surface area contributed by atoms with Crippen LogP contribution in [0.3, 0.4) is 0 Å². The van der Waals surface area contributed by atoms with E-state index in [9.17, 15) is 4.55 Å². The molecule has 1 aliphatic rings. The van der Waals surface area contributed by atoms with E-state index in [-0.39, 0.29) is 0 Å². The lowest BCUT2D eigenvalue weighted by atomic mass is 10.1. The molecule has 1 aromatic heterocycles. The molecule has 1 atom stereocenters. The molecule has 0 N–H and O–H groups in total. The molecule has 1 unspecified atom stereocenters. The van der Waals surface area contributed by atoms with E-state index in [0.717, 1.165) is 22.5 Å². The van der Waals surface area contributed by atoms with Crippen molar-refractivity contribution in [3.8, 4) is 5.69 Å². The predicted molar refractivity (Wildman–Crippen MR) is 97.4 cm³/mol. The number of hydrogen-bond acceptors (Lipinski definition) is 4. The summed E-state index contributed by atoms with van der Waals surface area (Å²) in [6, 6.07) is 5.74. The molecule has 0 radical (unpaired) electrons. The van der Waals surface area contributed by atoms with E-state index in [4.69, 9.17) is 16.3 Å². The van der Waals surface area contributed by atoms with Crippen molar-refractivity contribution in [1.82, 2.24) is 9.78 Å². The van der Waals surface area contributed by atoms with Gasteiger partial charge in [-0.2, -0.15) is 5.10 Å². The van der Waals surface area contributed by atoms with Crippen molar-refractivity contribution in [1.29, 1.82) is 0 Å². The molecule has 24 heavy (non-hydrogen) atoms. The van der Waals surface area contributed by atoms with Gasteiger partial charge in [0.05, 0.1) is 35.8 Å². The number of nitrogens with zero attached hydrogens (tertiary/aromatic N) is 3. The molecule has 0 saturated carbocycles. The lowest BCUT2D eigenvalue weighted by Gasteiger charge is -2.21. The van der Waals surface area contributed by atoms with Crippen molar-refractivity contribution in [3.05, 3.63) is 46.2 Å². The molecule has 0 bridgehead atoms. The maximum Gasteiger partial charge on any atom is 0.144 e. The summed E-state index contributed by atoms with van der Waals surface area (Å²) in [5.74, 6) is 0. The molecular formula is C17H20ClN3O2S. The SMILES string of the molecule is Cc1cccc(Cl)c1-n1ncc2c1COCC2=N[S+]([O-])C(C)(C)C. The van der Waals surface area contributed by atoms with Gasteiger partial charge in [0.25, 0.3) is 0 Å². The summed E-state index contributed by atoms with van der Waals surface area (Å²) in [7, 11) is 0. The first-order chi connectivity index (χ1) is 11.3. The van der Waals surface area contributed by atoms with Crippen LogP contribution >= 0.6 is 11.6 Å². The van der Waals surface area contributed by atoms with Crippen molar-refractivity contribution in [3.63, 3.8) is 0 Å². The third-order valence-corrected chi connectivity index (χ3v) is 5.51. The first-order valence-corrected chi connectivity index (χ1v) is 9.17. The van der Waals surface area contributed by atoms with Crippen LogP contribution in [0.5, 0.6) is 0 Å². The number of aryl methyl sites for hydroxylation is 1. The second-order valence-corrected chi connectivity index (χ2v) is 9.03. The zero-order chi connectivity index (χ0) is 17.5. The molecule has 2 aromatic rings. The van der Waals surface area contributed by atoms with Crippen molar-refractivity contribution < 1.29 is 9.29 Å². The van der Waals surface area contributed by atoms with Crippen molar-refractivity contribution in [2.45, 2.75) is 39.0 Å². The number of halogens is 1. The maximum absolute atomic E-state index is 12.3. The molecule has 3 rings (SSSR count). The lowest BCUT2D eigenvalue weighted by molar-refractivity contribution is 0.147. The largest absolute Gasteiger partial charge is 0.591 e. The fraction of sp³-hybridized carbons (Fsp3) is 0.412. The van der Waals surface area contributed by atoms with E-state index in [2.05, 4.69) is 9.50 Å². The number of aromatic nitrogens is 2. The van der Waals surface area contributed by atoms with Gasteiger partial charge in [-0.3, -0.25) is 0 Å². The molecule has 0 amide bonds. The number of fused-ring (bicyclic) bond motifs is 1. The summed E-state index contributed by atoms with van der Waals surface area (Å²) >= 11 is 5.02. The van der Waals surface area contributed by atoms with Gasteiger partial charge < -0.3 is 9.29 Å². The quantitative estimate of drug-likeness (QED) is 0.763. The number of hydrogen-bond donors (Lipinski definition) is 0. The normalized spacial score (nSPS) is 17.8. The van der Waals surface area contributed by atoms with Gasteiger partial charge in [0, 0.05) is 5.56 Å². The molecule has 2 heterocycles. The summed E-state index contributed by atoms with van der Waals surface area (Å²) in [6.07, 6.45) is 1.75. The second-order valence-electron chi connectivity index (χ2n) is 6.71. The van der Waals surface area contributed by atoms with Crippen LogP contribution in [0.4, 0.5) is 0 Å². The maximum atomic E-state index is 12.3. The van der Waals surface area contributed by atoms with Crippen molar-refractivity contribution in [2.24, 2.45) is 4.40 Å². The highest BCUT2D eigenvalue weighted by Crippen LogP contribution is 2.29. The number of para-hydroxylation sites is 1. The number of benzene rings is 1. The molecule has 1 aromatic carbocycles. The van der Waals surface area contributed by atoms with E-state index in [1.165, 1.54) is 0 Å². The summed E-state index contributed by atoms with van der Waals surface area (Å²) < 4.78 is 23.8. The Morgan fingerprint density at radius 3 is 2.75 bits per heavy atom. The van der Waals surface area contributed by atoms with Gasteiger partial charge in [-0.1, -0.05) is 28.1 Å². The highest BCUT2D eigenvalue weighted by molar-refractivity contribution is 7.91. The molecule has 1 aliphatic heterocycles. The van der Waals surface area contributed by atoms with Crippen molar-refractivity contribution >= 4 is 28.7 Å². The fourth-order valence-corrected chi connectivity index (χ4v) is 3.40. The van der Waals surface area contributed by atoms with Gasteiger partial charge in [0.2, 0.25) is 0 Å². The Labute approximate surface area is 150 Å². The van der Waals surface area contributed by atoms with E-state index in [1.807, 2.05) is 45.9 Å². The topological polar surface area (TPSA) is 62.5 Å². The molecule has 128 valence electrons. The fourth-order valence-electron chi connectivity index (χ4n) is 2.47. The Hall–Kier alpha value is -1.34. The first kappa shape index (κ1) is 17.5. The third kappa shape index (κ3) is 3.24. The van der Waals surface area contributed by atoms with Crippen LogP contribution in [-0.2, 0) is 22.7 Å². The van der Waals surface area contributed by atoms with E-state index >= 15 is 0 Å². The van der Waals surface area contributed by atoms with Crippen LogP contribution in [0.25, 0.3) is 5.69 Å². The van der Waals surface area contributed by atoms with Gasteiger partial charge in [-0.15, -0.1) is 0 Å². The van der Waals surface area contributed by atoms with Crippen LogP contribution in [0.15, 0.2) is 28.8 Å². The Morgan fingerprint density at radius 1 is 1.33 bits per heavy atom. The third-order valence-electron chi connectivity index (χ3n) is 3.77. The van der Waals surface area contributed by atoms with Gasteiger partial charge in [-0.25, -0.2) is 4.68 Å². The van der Waals surface area contributed by atoms with E-state index < -0.39 is 16.1 Å². The second kappa shape index (κ2) is 6.52. The zero-order valence-corrected chi connectivity index (χ0v) is 15.7. The average Bonchev–Trinajstić information content (AvgIpc) is 2.91. The number of ether oxygens (including phenoxy) is 1. The summed E-state index contributed by atoms with van der Waals surface area (Å²) in [4.78, 5) is 0. The molecular weight excluding hydrogens is 346 g/mol. The van der Waals surface area contributed by atoms with Crippen LogP contribution in [-0.4, -0.2) is 31.4 Å². The molecule has 7 heteroatoms. The Morgan fingerprint density at radius 2 is 2.08 bits per heavy atom. The van der Waals surface area contributed by atoms with Crippen LogP contribution in [0, 0.1) is 6.92 Å². The lowest BCUT2D eigenvalue weighted by Crippen LogP contribution is -2.29. The van der Waals surface area contributed by atoms with Crippen LogP contribution < -0.4 is 0 Å². The molecule has 5 nitrogen and oxygen atoms in total. The minimum Gasteiger partial charge on any atom is -0.591 e. The zero-order valence-electron chi connectivity index (χ0n) is 14.2. The minimum atomic E-state index is -1.34. The first-order valence-electron chi connectivity index (χ1n) is 7.69. The van der Waals surface area contributed by atoms with Gasteiger partial charge in [-0.05, 0) is 39.3 Å². The Kier molecular flexibility index (Phi) is 4.75. The van der Waals surface area contributed by atoms with Gasteiger partial charge >= 0.3 is 0 Å². The molecule has 0 aliphatic carbocycles. The van der Waals surface area contributed by atoms with Crippen LogP contribution in [0.1, 0.15) is 37.6 Å². The Bertz CT molecular complexity index is 775. The average molecular weight is 366 g/mol. The van der Waals surface area contributed by atoms with Crippen molar-refractivity contribution in [2.75, 3.05) is 6.61 Å². The summed E-state index contributed by atoms with van der Waals surface area (Å²) in [6.45, 7) is 8.43. The minimum absolute atomic E-state index is 0.335. The van der Waals surface area contributed by atoms with Crippen LogP contribution in [0.2, 0.25) is 5.02 Å². The van der Waals surface area contributed by atoms with Gasteiger partial charge in [0.1, 0.15) is 21.8 Å². The monoisotopic (exact) mass is 365 g/mol. The molecule has 0 fully saturated rings. The Balaban J connectivity index is 2.07. The molecule has 0 saturated heterocycles. The highest BCUT2D eigenvalue weighted by atomic mass is 35.5. The van der Waals surface area contributed by atoms with Gasteiger partial charge in [0.15, 0.2) is 0 Å².